The molecule has 0 aliphatic rings. The molecule has 1 amide bonds. The molecule has 1 aromatic heterocycles. The van der Waals surface area contributed by atoms with Gasteiger partial charge in [-0.2, -0.15) is 0 Å². The van der Waals surface area contributed by atoms with Crippen LogP contribution in [0.15, 0.2) is 9.59 Å². The Kier molecular flexibility index (Phi) is 6.00. The minimum atomic E-state index is -3.81. The number of rotatable bonds is 6. The van der Waals surface area contributed by atoms with Gasteiger partial charge in [0, 0.05) is 35.8 Å². The number of amides is 1. The molecule has 0 saturated carbocycles. The smallest absolute Gasteiger partial charge is 0.271 e. The topological polar surface area (TPSA) is 63.7 Å². The van der Waals surface area contributed by atoms with Crippen LogP contribution >= 0.6 is 22.0 Å². The fraction of sp³-hybridized carbons (Fsp3) is 0.583. The molecule has 0 unspecified atom stereocenters. The Morgan fingerprint density at radius 1 is 1.50 bits per heavy atom. The fourth-order valence-electron chi connectivity index (χ4n) is 1.79. The third-order valence-corrected chi connectivity index (χ3v) is 6.17. The van der Waals surface area contributed by atoms with Gasteiger partial charge >= 0.3 is 0 Å². The van der Waals surface area contributed by atoms with Gasteiger partial charge in [-0.3, -0.25) is 4.79 Å². The molecule has 0 atom stereocenters. The van der Waals surface area contributed by atoms with E-state index >= 15 is 0 Å². The van der Waals surface area contributed by atoms with E-state index in [9.17, 15) is 13.2 Å². The summed E-state index contributed by atoms with van der Waals surface area (Å²) in [7, 11) is 3.10. The maximum absolute atomic E-state index is 12.5. The summed E-state index contributed by atoms with van der Waals surface area (Å²) in [5.74, 6) is -0.211. The summed E-state index contributed by atoms with van der Waals surface area (Å²) in [5.41, 5.74) is 0.775. The second-order valence-electron chi connectivity index (χ2n) is 4.58. The van der Waals surface area contributed by atoms with Crippen LogP contribution in [0.25, 0.3) is 0 Å². The zero-order valence-electron chi connectivity index (χ0n) is 11.8. The molecule has 0 N–H and O–H groups in total. The summed E-state index contributed by atoms with van der Waals surface area (Å²) in [4.78, 5) is 14.1. The summed E-state index contributed by atoms with van der Waals surface area (Å²) in [6, 6.07) is -0.00647. The van der Waals surface area contributed by atoms with E-state index in [1.54, 1.807) is 18.9 Å². The molecule has 1 rings (SSSR count). The van der Waals surface area contributed by atoms with Gasteiger partial charge in [0.25, 0.3) is 15.0 Å². The number of methoxy groups -OCH3 is 1. The van der Waals surface area contributed by atoms with Gasteiger partial charge in [0.05, 0.1) is 12.2 Å². The van der Waals surface area contributed by atoms with E-state index in [4.69, 9.17) is 15.4 Å². The van der Waals surface area contributed by atoms with Crippen LogP contribution in [0.3, 0.4) is 0 Å². The van der Waals surface area contributed by atoms with Crippen molar-refractivity contribution < 1.29 is 17.9 Å². The van der Waals surface area contributed by atoms with Gasteiger partial charge in [-0.1, -0.05) is 0 Å². The molecule has 0 saturated heterocycles. The van der Waals surface area contributed by atoms with Gasteiger partial charge < -0.3 is 9.64 Å². The lowest BCUT2D eigenvalue weighted by Gasteiger charge is -2.26. The van der Waals surface area contributed by atoms with Gasteiger partial charge in [0.1, 0.15) is 4.21 Å². The zero-order chi connectivity index (χ0) is 15.5. The number of hydrogen-bond acceptors (Lipinski definition) is 5. The van der Waals surface area contributed by atoms with Crippen LogP contribution in [0.1, 0.15) is 29.8 Å². The largest absolute Gasteiger partial charge is 0.383 e. The second kappa shape index (κ2) is 6.89. The molecular formula is C12H18ClNO4S2. The first-order chi connectivity index (χ1) is 9.20. The van der Waals surface area contributed by atoms with Crippen molar-refractivity contribution in [2.75, 3.05) is 20.3 Å². The van der Waals surface area contributed by atoms with E-state index in [1.165, 1.54) is 5.38 Å². The average Bonchev–Trinajstić information content (AvgIpc) is 2.70. The standard InChI is InChI=1S/C12H18ClNO4S2/c1-8(2)14(5-6-18-4)11(15)10-7-19-12(9(10)3)20(13,16)17/h7-8H,5-6H2,1-4H3. The van der Waals surface area contributed by atoms with E-state index in [-0.39, 0.29) is 16.2 Å². The van der Waals surface area contributed by atoms with Crippen LogP contribution in [0, 0.1) is 6.92 Å². The molecule has 0 aromatic carbocycles. The van der Waals surface area contributed by atoms with Crippen LogP contribution in [0.2, 0.25) is 0 Å². The average molecular weight is 340 g/mol. The molecule has 20 heavy (non-hydrogen) atoms. The maximum atomic E-state index is 12.5. The Labute approximate surface area is 127 Å². The maximum Gasteiger partial charge on any atom is 0.271 e. The minimum Gasteiger partial charge on any atom is -0.383 e. The Morgan fingerprint density at radius 2 is 2.10 bits per heavy atom. The first-order valence-electron chi connectivity index (χ1n) is 6.02. The summed E-state index contributed by atoms with van der Waals surface area (Å²) in [6.07, 6.45) is 0. The highest BCUT2D eigenvalue weighted by Crippen LogP contribution is 2.30. The summed E-state index contributed by atoms with van der Waals surface area (Å²) in [5, 5.41) is 1.54. The minimum absolute atomic E-state index is 0.00647. The van der Waals surface area contributed by atoms with Gasteiger partial charge in [-0.15, -0.1) is 11.3 Å². The van der Waals surface area contributed by atoms with Crippen molar-refractivity contribution in [1.82, 2.24) is 4.90 Å². The number of ether oxygens (including phenoxy) is 1. The molecule has 114 valence electrons. The molecule has 0 bridgehead atoms. The van der Waals surface area contributed by atoms with E-state index in [0.717, 1.165) is 11.3 Å². The lowest BCUT2D eigenvalue weighted by atomic mass is 10.1. The summed E-state index contributed by atoms with van der Waals surface area (Å²) in [6.45, 7) is 6.26. The first kappa shape index (κ1) is 17.4. The molecule has 0 aliphatic carbocycles. The van der Waals surface area contributed by atoms with Crippen molar-refractivity contribution in [1.29, 1.82) is 0 Å². The lowest BCUT2D eigenvalue weighted by Crippen LogP contribution is -2.39. The van der Waals surface area contributed by atoms with Gasteiger partial charge in [-0.25, -0.2) is 8.42 Å². The Balaban J connectivity index is 3.10. The van der Waals surface area contributed by atoms with Crippen molar-refractivity contribution in [2.24, 2.45) is 0 Å². The van der Waals surface area contributed by atoms with E-state index in [2.05, 4.69) is 0 Å². The third-order valence-electron chi connectivity index (χ3n) is 2.87. The van der Waals surface area contributed by atoms with Crippen molar-refractivity contribution in [2.45, 2.75) is 31.0 Å². The van der Waals surface area contributed by atoms with Crippen LogP contribution in [-0.2, 0) is 13.8 Å². The fourth-order valence-corrected chi connectivity index (χ4v) is 4.33. The molecule has 0 radical (unpaired) electrons. The number of nitrogens with zero attached hydrogens (tertiary/aromatic N) is 1. The molecule has 5 nitrogen and oxygen atoms in total. The van der Waals surface area contributed by atoms with Crippen LogP contribution < -0.4 is 0 Å². The van der Waals surface area contributed by atoms with E-state index in [1.807, 2.05) is 13.8 Å². The number of carbonyl (C=O) groups is 1. The van der Waals surface area contributed by atoms with Crippen molar-refractivity contribution in [3.8, 4) is 0 Å². The predicted octanol–water partition coefficient (Wildman–Crippen LogP) is 2.48. The zero-order valence-corrected chi connectivity index (χ0v) is 14.2. The van der Waals surface area contributed by atoms with E-state index < -0.39 is 9.05 Å². The molecule has 0 spiro atoms. The van der Waals surface area contributed by atoms with Gasteiger partial charge in [0.2, 0.25) is 0 Å². The number of thiophene rings is 1. The third kappa shape index (κ3) is 3.94. The van der Waals surface area contributed by atoms with Crippen molar-refractivity contribution in [3.05, 3.63) is 16.5 Å². The summed E-state index contributed by atoms with van der Waals surface area (Å²) < 4.78 is 27.8. The predicted molar refractivity (Wildman–Crippen MR) is 80.1 cm³/mol. The van der Waals surface area contributed by atoms with Crippen LogP contribution in [0.4, 0.5) is 0 Å². The Morgan fingerprint density at radius 3 is 2.50 bits per heavy atom. The Bertz CT molecular complexity index is 580. The molecule has 0 aliphatic heterocycles. The highest BCUT2D eigenvalue weighted by Gasteiger charge is 2.26. The van der Waals surface area contributed by atoms with Gasteiger partial charge in [0.15, 0.2) is 0 Å². The molecule has 8 heteroatoms. The van der Waals surface area contributed by atoms with E-state index in [0.29, 0.717) is 24.3 Å². The van der Waals surface area contributed by atoms with Crippen LogP contribution in [0.5, 0.6) is 0 Å². The van der Waals surface area contributed by atoms with Crippen LogP contribution in [-0.4, -0.2) is 45.5 Å². The number of hydrogen-bond donors (Lipinski definition) is 0. The SMILES string of the molecule is COCCN(C(=O)c1csc(S(=O)(=O)Cl)c1C)C(C)C. The molecule has 1 heterocycles. The molecular weight excluding hydrogens is 322 g/mol. The highest BCUT2D eigenvalue weighted by molar-refractivity contribution is 8.15. The molecule has 0 fully saturated rings. The van der Waals surface area contributed by atoms with Crippen molar-refractivity contribution >= 4 is 37.0 Å². The highest BCUT2D eigenvalue weighted by atomic mass is 35.7. The quantitative estimate of drug-likeness (QED) is 0.747. The second-order valence-corrected chi connectivity index (χ2v) is 8.23. The Hall–Kier alpha value is -0.630. The number of carbonyl (C=O) groups excluding carboxylic acids is 1. The van der Waals surface area contributed by atoms with Gasteiger partial charge in [-0.05, 0) is 26.3 Å². The lowest BCUT2D eigenvalue weighted by molar-refractivity contribution is 0.0634. The normalized spacial score (nSPS) is 11.9. The summed E-state index contributed by atoms with van der Waals surface area (Å²) >= 11 is 0.966. The first-order valence-corrected chi connectivity index (χ1v) is 9.21. The van der Waals surface area contributed by atoms with Crippen molar-refractivity contribution in [3.63, 3.8) is 0 Å². The molecule has 1 aromatic rings. The number of halogens is 1. The monoisotopic (exact) mass is 339 g/mol.